The van der Waals surface area contributed by atoms with E-state index in [0.717, 1.165) is 34.6 Å². The summed E-state index contributed by atoms with van der Waals surface area (Å²) in [5.74, 6) is 0.681. The first-order valence-electron chi connectivity index (χ1n) is 10.6. The number of pyridine rings is 1. The number of amides is 1. The second-order valence-corrected chi connectivity index (χ2v) is 7.79. The molecule has 1 aromatic carbocycles. The molecule has 10 nitrogen and oxygen atoms in total. The maximum absolute atomic E-state index is 11.9. The number of benzene rings is 1. The van der Waals surface area contributed by atoms with Crippen molar-refractivity contribution < 1.29 is 14.6 Å². The summed E-state index contributed by atoms with van der Waals surface area (Å²) < 4.78 is 5.59. The Balaban J connectivity index is 1.37. The Hall–Kier alpha value is -4.18. The van der Waals surface area contributed by atoms with Crippen molar-refractivity contribution in [1.82, 2.24) is 15.0 Å². The van der Waals surface area contributed by atoms with Crippen LogP contribution in [0.2, 0.25) is 0 Å². The number of fused-ring (bicyclic) bond motifs is 2. The molecular weight excluding hydrogens is 422 g/mol. The molecular formula is C23H23N7O3. The number of allylic oxidation sites excluding steroid dienone is 1. The van der Waals surface area contributed by atoms with Crippen molar-refractivity contribution in [2.24, 2.45) is 5.73 Å². The van der Waals surface area contributed by atoms with Crippen molar-refractivity contribution >= 4 is 35.1 Å². The standard InChI is InChI=1S/C23H23N7O3/c24-21(32)17-11-28-23(29-14-4-5-20-19(8-14)26-10-15(31)12-33-20)30-22(17)27-9-13-6-7-25-18-3-1-2-16(13)18/h1-2,4-8,11,15,26,31H,3,9-10,12H2,(H2,24,32)(H2,27,28,29,30)/t15-/m0/s1. The lowest BCUT2D eigenvalue weighted by atomic mass is 10.1. The number of carbonyl (C=O) groups excluding carboxylic acids is 1. The Labute approximate surface area is 189 Å². The number of primary amides is 1. The van der Waals surface area contributed by atoms with Crippen LogP contribution in [0.1, 0.15) is 27.2 Å². The summed E-state index contributed by atoms with van der Waals surface area (Å²) in [5.41, 5.74) is 10.4. The van der Waals surface area contributed by atoms with Crippen molar-refractivity contribution in [2.75, 3.05) is 29.1 Å². The molecule has 1 aliphatic carbocycles. The van der Waals surface area contributed by atoms with Crippen LogP contribution in [-0.2, 0) is 13.0 Å². The Bertz CT molecular complexity index is 1240. The number of aromatic nitrogens is 3. The van der Waals surface area contributed by atoms with Crippen LogP contribution in [0.4, 0.5) is 23.1 Å². The number of hydrogen-bond acceptors (Lipinski definition) is 9. The SMILES string of the molecule is NC(=O)c1cnc(Nc2ccc3c(c2)NC[C@H](O)CO3)nc1NCc1ccnc2c1C=CC2. The summed E-state index contributed by atoms with van der Waals surface area (Å²) in [7, 11) is 0. The van der Waals surface area contributed by atoms with Gasteiger partial charge in [0, 0.05) is 43.2 Å². The molecule has 10 heteroatoms. The van der Waals surface area contributed by atoms with E-state index in [1.165, 1.54) is 6.20 Å². The van der Waals surface area contributed by atoms with Gasteiger partial charge in [0.1, 0.15) is 24.3 Å². The molecule has 1 atom stereocenters. The van der Waals surface area contributed by atoms with Gasteiger partial charge in [-0.1, -0.05) is 12.2 Å². The number of anilines is 4. The number of ether oxygens (including phenoxy) is 1. The molecule has 2 aliphatic rings. The number of hydrogen-bond donors (Lipinski definition) is 5. The summed E-state index contributed by atoms with van der Waals surface area (Å²) in [6.45, 7) is 1.08. The number of nitrogens with zero attached hydrogens (tertiary/aromatic N) is 3. The Morgan fingerprint density at radius 2 is 2.21 bits per heavy atom. The summed E-state index contributed by atoms with van der Waals surface area (Å²) in [4.78, 5) is 25.0. The number of rotatable bonds is 6. The molecule has 168 valence electrons. The second-order valence-electron chi connectivity index (χ2n) is 7.79. The number of β-amino-alcohol motifs (C(OH)–C–C–N with tert-alkyl or cyclic N) is 1. The largest absolute Gasteiger partial charge is 0.489 e. The molecule has 0 radical (unpaired) electrons. The lowest BCUT2D eigenvalue weighted by Crippen LogP contribution is -2.23. The third-order valence-electron chi connectivity index (χ3n) is 5.45. The Morgan fingerprint density at radius 1 is 1.30 bits per heavy atom. The fourth-order valence-corrected chi connectivity index (χ4v) is 3.78. The predicted molar refractivity (Wildman–Crippen MR) is 125 cm³/mol. The number of aliphatic hydroxyl groups is 1. The van der Waals surface area contributed by atoms with Gasteiger partial charge in [-0.25, -0.2) is 4.98 Å². The number of nitrogens with two attached hydrogens (primary N) is 1. The van der Waals surface area contributed by atoms with E-state index in [0.29, 0.717) is 30.6 Å². The third kappa shape index (κ3) is 4.41. The van der Waals surface area contributed by atoms with Gasteiger partial charge in [0.2, 0.25) is 5.95 Å². The van der Waals surface area contributed by atoms with Crippen molar-refractivity contribution in [3.05, 3.63) is 65.1 Å². The summed E-state index contributed by atoms with van der Waals surface area (Å²) in [5, 5.41) is 19.3. The van der Waals surface area contributed by atoms with Gasteiger partial charge in [-0.15, -0.1) is 0 Å². The van der Waals surface area contributed by atoms with E-state index in [1.54, 1.807) is 12.3 Å². The zero-order valence-corrected chi connectivity index (χ0v) is 17.7. The predicted octanol–water partition coefficient (Wildman–Crippen LogP) is 2.06. The minimum atomic E-state index is -0.617. The highest BCUT2D eigenvalue weighted by Gasteiger charge is 2.17. The summed E-state index contributed by atoms with van der Waals surface area (Å²) >= 11 is 0. The molecule has 0 saturated heterocycles. The molecule has 0 bridgehead atoms. The average molecular weight is 445 g/mol. The number of nitrogens with one attached hydrogen (secondary N) is 3. The van der Waals surface area contributed by atoms with Gasteiger partial charge < -0.3 is 31.5 Å². The summed E-state index contributed by atoms with van der Waals surface area (Å²) in [6, 6.07) is 7.41. The monoisotopic (exact) mass is 445 g/mol. The number of aliphatic hydroxyl groups excluding tert-OH is 1. The highest BCUT2D eigenvalue weighted by Crippen LogP contribution is 2.31. The minimum absolute atomic E-state index is 0.202. The number of carbonyl (C=O) groups is 1. The van der Waals surface area contributed by atoms with E-state index in [4.69, 9.17) is 10.5 Å². The second kappa shape index (κ2) is 8.75. The molecule has 0 saturated carbocycles. The van der Waals surface area contributed by atoms with Gasteiger partial charge in [-0.3, -0.25) is 9.78 Å². The maximum Gasteiger partial charge on any atom is 0.254 e. The van der Waals surface area contributed by atoms with Crippen LogP contribution in [0.3, 0.4) is 0 Å². The van der Waals surface area contributed by atoms with Crippen LogP contribution >= 0.6 is 0 Å². The topological polar surface area (TPSA) is 147 Å². The van der Waals surface area contributed by atoms with Crippen LogP contribution < -0.4 is 26.4 Å². The van der Waals surface area contributed by atoms with Gasteiger partial charge in [0.15, 0.2) is 0 Å². The van der Waals surface area contributed by atoms with Gasteiger partial charge in [-0.2, -0.15) is 4.98 Å². The molecule has 0 unspecified atom stereocenters. The Kier molecular flexibility index (Phi) is 5.49. The highest BCUT2D eigenvalue weighted by molar-refractivity contribution is 5.97. The van der Waals surface area contributed by atoms with Gasteiger partial charge in [0.25, 0.3) is 5.91 Å². The van der Waals surface area contributed by atoms with Crippen molar-refractivity contribution in [2.45, 2.75) is 19.1 Å². The molecule has 1 aliphatic heterocycles. The van der Waals surface area contributed by atoms with Gasteiger partial charge in [0.05, 0.1) is 16.9 Å². The van der Waals surface area contributed by atoms with Crippen LogP contribution in [0, 0.1) is 0 Å². The Morgan fingerprint density at radius 3 is 3.09 bits per heavy atom. The first kappa shape index (κ1) is 20.7. The minimum Gasteiger partial charge on any atom is -0.489 e. The molecule has 3 aromatic rings. The lowest BCUT2D eigenvalue weighted by Gasteiger charge is -2.14. The van der Waals surface area contributed by atoms with Crippen LogP contribution in [0.25, 0.3) is 6.08 Å². The molecule has 2 aromatic heterocycles. The van der Waals surface area contributed by atoms with E-state index in [9.17, 15) is 9.90 Å². The molecule has 1 amide bonds. The third-order valence-corrected chi connectivity index (χ3v) is 5.45. The zero-order chi connectivity index (χ0) is 22.8. The van der Waals surface area contributed by atoms with Crippen LogP contribution in [0.5, 0.6) is 5.75 Å². The zero-order valence-electron chi connectivity index (χ0n) is 17.7. The highest BCUT2D eigenvalue weighted by atomic mass is 16.5. The average Bonchev–Trinajstić information content (AvgIpc) is 3.22. The fourth-order valence-electron chi connectivity index (χ4n) is 3.78. The van der Waals surface area contributed by atoms with Gasteiger partial charge >= 0.3 is 0 Å². The molecule has 5 rings (SSSR count). The van der Waals surface area contributed by atoms with E-state index >= 15 is 0 Å². The molecule has 3 heterocycles. The fraction of sp³-hybridized carbons (Fsp3) is 0.217. The van der Waals surface area contributed by atoms with Crippen molar-refractivity contribution in [3.8, 4) is 5.75 Å². The van der Waals surface area contributed by atoms with Gasteiger partial charge in [-0.05, 0) is 29.8 Å². The van der Waals surface area contributed by atoms with E-state index in [-0.39, 0.29) is 12.2 Å². The first-order valence-corrected chi connectivity index (χ1v) is 10.6. The molecule has 0 fully saturated rings. The van der Waals surface area contributed by atoms with Crippen LogP contribution in [0.15, 0.2) is 42.7 Å². The van der Waals surface area contributed by atoms with E-state index < -0.39 is 12.0 Å². The van der Waals surface area contributed by atoms with Crippen molar-refractivity contribution in [3.63, 3.8) is 0 Å². The molecule has 6 N–H and O–H groups in total. The maximum atomic E-state index is 11.9. The van der Waals surface area contributed by atoms with E-state index in [1.807, 2.05) is 18.2 Å². The van der Waals surface area contributed by atoms with E-state index in [2.05, 4.69) is 43.1 Å². The van der Waals surface area contributed by atoms with Crippen LogP contribution in [-0.4, -0.2) is 45.2 Å². The summed E-state index contributed by atoms with van der Waals surface area (Å²) in [6.07, 6.45) is 7.54. The molecule has 0 spiro atoms. The molecule has 33 heavy (non-hydrogen) atoms. The smallest absolute Gasteiger partial charge is 0.254 e. The van der Waals surface area contributed by atoms with Crippen molar-refractivity contribution in [1.29, 1.82) is 0 Å². The quantitative estimate of drug-likeness (QED) is 0.384. The lowest BCUT2D eigenvalue weighted by molar-refractivity contribution is 0.100. The first-order chi connectivity index (χ1) is 16.1. The normalized spacial score (nSPS) is 16.1.